The van der Waals surface area contributed by atoms with E-state index in [2.05, 4.69) is 30.0 Å². The highest BCUT2D eigenvalue weighted by Gasteiger charge is 2.28. The predicted molar refractivity (Wildman–Crippen MR) is 113 cm³/mol. The first-order valence-corrected chi connectivity index (χ1v) is 11.9. The summed E-state index contributed by atoms with van der Waals surface area (Å²) < 4.78 is 0. The molecule has 0 N–H and O–H groups in total. The third kappa shape index (κ3) is 5.47. The molecule has 3 nitrogen and oxygen atoms in total. The summed E-state index contributed by atoms with van der Waals surface area (Å²) in [4.78, 5) is 2.66. The van der Waals surface area contributed by atoms with Gasteiger partial charge >= 0.3 is 0 Å². The molecule has 0 aromatic rings. The summed E-state index contributed by atoms with van der Waals surface area (Å²) >= 11 is 0. The molecule has 3 aliphatic rings. The lowest BCUT2D eigenvalue weighted by atomic mass is 9.86. The lowest BCUT2D eigenvalue weighted by Gasteiger charge is -2.40. The number of hydrogen-bond acceptors (Lipinski definition) is 3. The van der Waals surface area contributed by atoms with Crippen LogP contribution in [0.1, 0.15) is 104 Å². The largest absolute Gasteiger partial charge is 0.301 e. The van der Waals surface area contributed by atoms with Crippen LogP contribution in [0.3, 0.4) is 0 Å². The molecule has 0 aliphatic heterocycles. The van der Waals surface area contributed by atoms with Crippen LogP contribution in [-0.4, -0.2) is 47.3 Å². The lowest BCUT2D eigenvalue weighted by molar-refractivity contribution is 0.0842. The van der Waals surface area contributed by atoms with E-state index in [-0.39, 0.29) is 0 Å². The molecule has 3 fully saturated rings. The Bertz CT molecular complexity index is 380. The van der Waals surface area contributed by atoms with Crippen LogP contribution >= 0.6 is 0 Å². The second-order valence-electron chi connectivity index (χ2n) is 9.02. The van der Waals surface area contributed by atoms with Gasteiger partial charge in [-0.2, -0.15) is 5.10 Å². The van der Waals surface area contributed by atoms with Gasteiger partial charge in [0.25, 0.3) is 0 Å². The van der Waals surface area contributed by atoms with E-state index in [1.54, 1.807) is 0 Å². The lowest BCUT2D eigenvalue weighted by Crippen LogP contribution is -2.42. The van der Waals surface area contributed by atoms with Gasteiger partial charge in [-0.05, 0) is 70.4 Å². The van der Waals surface area contributed by atoms with Crippen molar-refractivity contribution in [2.45, 2.75) is 122 Å². The van der Waals surface area contributed by atoms with Crippen molar-refractivity contribution < 1.29 is 0 Å². The number of rotatable bonds is 7. The first kappa shape index (κ1) is 20.2. The summed E-state index contributed by atoms with van der Waals surface area (Å²) in [6.07, 6.45) is 21.8. The molecule has 150 valence electrons. The predicted octanol–water partition coefficient (Wildman–Crippen LogP) is 5.84. The van der Waals surface area contributed by atoms with Crippen LogP contribution in [0.2, 0.25) is 0 Å². The Morgan fingerprint density at radius 3 is 1.62 bits per heavy atom. The Morgan fingerprint density at radius 1 is 0.654 bits per heavy atom. The second-order valence-corrected chi connectivity index (χ2v) is 9.02. The Labute approximate surface area is 162 Å². The molecule has 0 spiro atoms. The monoisotopic (exact) mass is 361 g/mol. The molecule has 3 heteroatoms. The van der Waals surface area contributed by atoms with Crippen molar-refractivity contribution in [3.8, 4) is 0 Å². The highest BCUT2D eigenvalue weighted by atomic mass is 15.5. The third-order valence-corrected chi connectivity index (χ3v) is 7.38. The topological polar surface area (TPSA) is 18.8 Å². The van der Waals surface area contributed by atoms with Gasteiger partial charge in [0.05, 0.1) is 0 Å². The Morgan fingerprint density at radius 2 is 1.15 bits per heavy atom. The smallest absolute Gasteiger partial charge is 0.0473 e. The Balaban J connectivity index is 1.56. The van der Waals surface area contributed by atoms with Crippen LogP contribution in [0.5, 0.6) is 0 Å². The number of hydrazone groups is 1. The molecule has 0 saturated heterocycles. The maximum absolute atomic E-state index is 5.20. The van der Waals surface area contributed by atoms with Gasteiger partial charge < -0.3 is 4.90 Å². The molecule has 0 atom stereocenters. The van der Waals surface area contributed by atoms with Crippen molar-refractivity contribution in [3.05, 3.63) is 0 Å². The zero-order valence-corrected chi connectivity index (χ0v) is 17.5. The average molecular weight is 362 g/mol. The van der Waals surface area contributed by atoms with Gasteiger partial charge in [-0.15, -0.1) is 0 Å². The standard InChI is InChI=1S/C23H43N3/c1-3-25(4-2)21-17-15-20(16-18-21)19-24-26(22-11-7-5-8-12-22)23-13-9-6-10-14-23/h19-23H,3-18H2,1-2H3/b24-19+. The van der Waals surface area contributed by atoms with Gasteiger partial charge in [0, 0.05) is 24.3 Å². The van der Waals surface area contributed by atoms with Gasteiger partial charge in [0.2, 0.25) is 0 Å². The van der Waals surface area contributed by atoms with Gasteiger partial charge in [-0.25, -0.2) is 0 Å². The van der Waals surface area contributed by atoms with Gasteiger partial charge in [-0.1, -0.05) is 52.4 Å². The summed E-state index contributed by atoms with van der Waals surface area (Å²) in [5.74, 6) is 0.719. The molecule has 3 saturated carbocycles. The van der Waals surface area contributed by atoms with Crippen LogP contribution in [0.4, 0.5) is 0 Å². The molecule has 0 bridgehead atoms. The zero-order chi connectivity index (χ0) is 18.2. The van der Waals surface area contributed by atoms with E-state index < -0.39 is 0 Å². The first-order valence-electron chi connectivity index (χ1n) is 11.9. The fourth-order valence-electron chi connectivity index (χ4n) is 5.70. The normalized spacial score (nSPS) is 29.5. The molecule has 0 aromatic heterocycles. The molecule has 26 heavy (non-hydrogen) atoms. The zero-order valence-electron chi connectivity index (χ0n) is 17.5. The maximum atomic E-state index is 5.20. The Kier molecular flexibility index (Phi) is 8.29. The maximum Gasteiger partial charge on any atom is 0.0473 e. The highest BCUT2D eigenvalue weighted by Crippen LogP contribution is 2.31. The molecule has 0 radical (unpaired) electrons. The van der Waals surface area contributed by atoms with E-state index in [0.717, 1.165) is 24.0 Å². The number of nitrogens with zero attached hydrogens (tertiary/aromatic N) is 3. The van der Waals surface area contributed by atoms with Gasteiger partial charge in [0.1, 0.15) is 0 Å². The summed E-state index contributed by atoms with van der Waals surface area (Å²) in [6.45, 7) is 7.03. The molecular formula is C23H43N3. The quantitative estimate of drug-likeness (QED) is 0.419. The van der Waals surface area contributed by atoms with Gasteiger partial charge in [0.15, 0.2) is 0 Å². The Hall–Kier alpha value is -0.570. The van der Waals surface area contributed by atoms with Gasteiger partial charge in [-0.3, -0.25) is 5.01 Å². The fourth-order valence-corrected chi connectivity index (χ4v) is 5.70. The third-order valence-electron chi connectivity index (χ3n) is 7.38. The van der Waals surface area contributed by atoms with E-state index >= 15 is 0 Å². The molecule has 0 heterocycles. The van der Waals surface area contributed by atoms with Crippen LogP contribution in [0, 0.1) is 5.92 Å². The molecular weight excluding hydrogens is 318 g/mol. The summed E-state index contributed by atoms with van der Waals surface area (Å²) in [5, 5.41) is 7.81. The van der Waals surface area contributed by atoms with E-state index in [9.17, 15) is 0 Å². The van der Waals surface area contributed by atoms with Crippen molar-refractivity contribution in [2.24, 2.45) is 11.0 Å². The van der Waals surface area contributed by atoms with Crippen molar-refractivity contribution in [1.29, 1.82) is 0 Å². The van der Waals surface area contributed by atoms with Crippen LogP contribution in [0.25, 0.3) is 0 Å². The highest BCUT2D eigenvalue weighted by molar-refractivity contribution is 5.60. The molecule has 0 aromatic carbocycles. The molecule has 0 amide bonds. The minimum Gasteiger partial charge on any atom is -0.301 e. The van der Waals surface area contributed by atoms with E-state index in [1.165, 1.54) is 103 Å². The minimum atomic E-state index is 0.719. The molecule has 3 aliphatic carbocycles. The van der Waals surface area contributed by atoms with E-state index in [1.807, 2.05) is 0 Å². The van der Waals surface area contributed by atoms with Crippen LogP contribution < -0.4 is 0 Å². The van der Waals surface area contributed by atoms with Crippen molar-refractivity contribution >= 4 is 6.21 Å². The summed E-state index contributed by atoms with van der Waals surface area (Å²) in [6, 6.07) is 2.28. The molecule has 0 unspecified atom stereocenters. The van der Waals surface area contributed by atoms with Crippen molar-refractivity contribution in [3.63, 3.8) is 0 Å². The van der Waals surface area contributed by atoms with Crippen molar-refractivity contribution in [2.75, 3.05) is 13.1 Å². The van der Waals surface area contributed by atoms with Crippen molar-refractivity contribution in [1.82, 2.24) is 9.91 Å². The van der Waals surface area contributed by atoms with E-state index in [4.69, 9.17) is 5.10 Å². The van der Waals surface area contributed by atoms with Crippen LogP contribution in [0.15, 0.2) is 5.10 Å². The second kappa shape index (κ2) is 10.7. The van der Waals surface area contributed by atoms with Crippen LogP contribution in [-0.2, 0) is 0 Å². The number of hydrogen-bond donors (Lipinski definition) is 0. The van der Waals surface area contributed by atoms with E-state index in [0.29, 0.717) is 0 Å². The summed E-state index contributed by atoms with van der Waals surface area (Å²) in [5.41, 5.74) is 0. The SMILES string of the molecule is CCN(CC)C1CCC(/C=N/N(C2CCCCC2)C2CCCCC2)CC1. The molecule has 3 rings (SSSR count). The average Bonchev–Trinajstić information content (AvgIpc) is 2.72. The fraction of sp³-hybridized carbons (Fsp3) is 0.957. The summed E-state index contributed by atoms with van der Waals surface area (Å²) in [7, 11) is 0. The first-order chi connectivity index (χ1) is 12.8. The minimum absolute atomic E-state index is 0.719.